The van der Waals surface area contributed by atoms with Crippen molar-refractivity contribution in [2.24, 2.45) is 0 Å². The van der Waals surface area contributed by atoms with E-state index < -0.39 is 0 Å². The largest absolute Gasteiger partial charge is 0.495 e. The number of nitrogens with one attached hydrogen (secondary N) is 2. The summed E-state index contributed by atoms with van der Waals surface area (Å²) >= 11 is 2.81. The second kappa shape index (κ2) is 7.57. The van der Waals surface area contributed by atoms with Gasteiger partial charge in [-0.3, -0.25) is 10.1 Å². The van der Waals surface area contributed by atoms with Crippen LogP contribution >= 0.6 is 22.7 Å². The molecule has 0 fully saturated rings. The van der Waals surface area contributed by atoms with Crippen molar-refractivity contribution < 1.29 is 9.53 Å². The number of rotatable bonds is 5. The van der Waals surface area contributed by atoms with E-state index >= 15 is 0 Å². The third kappa shape index (κ3) is 3.83. The fourth-order valence-electron chi connectivity index (χ4n) is 2.72. The van der Waals surface area contributed by atoms with Crippen LogP contribution in [0.3, 0.4) is 0 Å². The van der Waals surface area contributed by atoms with Crippen molar-refractivity contribution in [3.63, 3.8) is 0 Å². The number of benzene rings is 2. The van der Waals surface area contributed by atoms with E-state index in [0.29, 0.717) is 16.0 Å². The van der Waals surface area contributed by atoms with Crippen molar-refractivity contribution in [1.82, 2.24) is 9.97 Å². The number of carbonyl (C=O) groups excluding carboxylic acids is 1. The standard InChI is InChI=1S/C20H18N4O2S2/c1-11-5-7-16(26-3)14(8-11)22-19-23-15(10-27-19)18(25)24-20-21-13-6-4-12(2)9-17(13)28-20/h4-10H,1-3H3,(H,22,23)(H,21,24,25). The molecule has 2 aromatic carbocycles. The summed E-state index contributed by atoms with van der Waals surface area (Å²) in [5.41, 5.74) is 4.29. The SMILES string of the molecule is COc1ccc(C)cc1Nc1nc(C(=O)Nc2nc3ccc(C)cc3s2)cs1. The number of hydrogen-bond donors (Lipinski definition) is 2. The van der Waals surface area contributed by atoms with Gasteiger partial charge in [-0.15, -0.1) is 11.3 Å². The summed E-state index contributed by atoms with van der Waals surface area (Å²) in [6.45, 7) is 4.04. The normalized spacial score (nSPS) is 10.8. The van der Waals surface area contributed by atoms with Gasteiger partial charge in [-0.25, -0.2) is 9.97 Å². The highest BCUT2D eigenvalue weighted by molar-refractivity contribution is 7.22. The Morgan fingerprint density at radius 2 is 1.82 bits per heavy atom. The zero-order chi connectivity index (χ0) is 19.7. The number of anilines is 3. The van der Waals surface area contributed by atoms with Crippen LogP contribution in [0.4, 0.5) is 16.0 Å². The molecule has 4 aromatic rings. The van der Waals surface area contributed by atoms with Crippen LogP contribution in [0.25, 0.3) is 10.2 Å². The van der Waals surface area contributed by atoms with Crippen LogP contribution < -0.4 is 15.4 Å². The molecule has 0 aliphatic carbocycles. The van der Waals surface area contributed by atoms with Crippen molar-refractivity contribution in [1.29, 1.82) is 0 Å². The molecule has 142 valence electrons. The van der Waals surface area contributed by atoms with Gasteiger partial charge in [0.05, 0.1) is 23.0 Å². The van der Waals surface area contributed by atoms with Crippen LogP contribution in [0, 0.1) is 13.8 Å². The van der Waals surface area contributed by atoms with Gasteiger partial charge in [0.25, 0.3) is 5.91 Å². The number of amides is 1. The summed E-state index contributed by atoms with van der Waals surface area (Å²) in [6.07, 6.45) is 0. The first-order chi connectivity index (χ1) is 13.5. The Kier molecular flexibility index (Phi) is 4.97. The number of aromatic nitrogens is 2. The topological polar surface area (TPSA) is 76.1 Å². The third-order valence-corrected chi connectivity index (χ3v) is 5.79. The van der Waals surface area contributed by atoms with Crippen molar-refractivity contribution in [2.75, 3.05) is 17.7 Å². The van der Waals surface area contributed by atoms with Crippen molar-refractivity contribution >= 4 is 54.7 Å². The quantitative estimate of drug-likeness (QED) is 0.462. The number of hydrogen-bond acceptors (Lipinski definition) is 7. The Morgan fingerprint density at radius 1 is 1.04 bits per heavy atom. The lowest BCUT2D eigenvalue weighted by molar-refractivity contribution is 0.102. The maximum absolute atomic E-state index is 12.5. The molecule has 0 radical (unpaired) electrons. The molecular formula is C20H18N4O2S2. The second-order valence-corrected chi connectivity index (χ2v) is 8.20. The lowest BCUT2D eigenvalue weighted by Crippen LogP contribution is -2.12. The van der Waals surface area contributed by atoms with Gasteiger partial charge in [0, 0.05) is 5.38 Å². The summed E-state index contributed by atoms with van der Waals surface area (Å²) in [7, 11) is 1.62. The number of thiazole rings is 2. The van der Waals surface area contributed by atoms with Crippen LogP contribution in [0.5, 0.6) is 5.75 Å². The molecule has 0 saturated heterocycles. The molecular weight excluding hydrogens is 392 g/mol. The number of aryl methyl sites for hydroxylation is 2. The summed E-state index contributed by atoms with van der Waals surface area (Å²) in [6, 6.07) is 11.9. The van der Waals surface area contributed by atoms with Gasteiger partial charge in [-0.1, -0.05) is 23.5 Å². The monoisotopic (exact) mass is 410 g/mol. The predicted molar refractivity (Wildman–Crippen MR) is 115 cm³/mol. The number of nitrogens with zero attached hydrogens (tertiary/aromatic N) is 2. The zero-order valence-corrected chi connectivity index (χ0v) is 17.2. The van der Waals surface area contributed by atoms with Gasteiger partial charge in [-0.05, 0) is 49.2 Å². The smallest absolute Gasteiger partial charge is 0.276 e. The highest BCUT2D eigenvalue weighted by Gasteiger charge is 2.14. The summed E-state index contributed by atoms with van der Waals surface area (Å²) in [4.78, 5) is 21.4. The Morgan fingerprint density at radius 3 is 2.64 bits per heavy atom. The van der Waals surface area contributed by atoms with Crippen LogP contribution in [0.15, 0.2) is 41.8 Å². The van der Waals surface area contributed by atoms with E-state index in [1.165, 1.54) is 22.7 Å². The highest BCUT2D eigenvalue weighted by Crippen LogP contribution is 2.31. The molecule has 0 atom stereocenters. The molecule has 0 unspecified atom stereocenters. The molecule has 6 nitrogen and oxygen atoms in total. The molecule has 1 amide bonds. The van der Waals surface area contributed by atoms with E-state index in [1.54, 1.807) is 12.5 Å². The van der Waals surface area contributed by atoms with E-state index in [1.807, 2.05) is 44.2 Å². The van der Waals surface area contributed by atoms with Gasteiger partial charge in [0.1, 0.15) is 11.4 Å². The second-order valence-electron chi connectivity index (χ2n) is 6.31. The van der Waals surface area contributed by atoms with Crippen molar-refractivity contribution in [3.8, 4) is 5.75 Å². The first-order valence-electron chi connectivity index (χ1n) is 8.57. The van der Waals surface area contributed by atoms with E-state index in [0.717, 1.165) is 32.8 Å². The number of carbonyl (C=O) groups is 1. The first-order valence-corrected chi connectivity index (χ1v) is 10.3. The molecule has 0 bridgehead atoms. The third-order valence-electron chi connectivity index (χ3n) is 4.10. The Hall–Kier alpha value is -2.97. The van der Waals surface area contributed by atoms with Crippen molar-refractivity contribution in [3.05, 3.63) is 58.6 Å². The Balaban J connectivity index is 1.50. The minimum Gasteiger partial charge on any atom is -0.495 e. The number of fused-ring (bicyclic) bond motifs is 1. The van der Waals surface area contributed by atoms with Crippen LogP contribution in [0.2, 0.25) is 0 Å². The molecule has 0 aliphatic rings. The molecule has 0 aliphatic heterocycles. The van der Waals surface area contributed by atoms with Gasteiger partial charge >= 0.3 is 0 Å². The number of methoxy groups -OCH3 is 1. The molecule has 0 saturated carbocycles. The average molecular weight is 411 g/mol. The van der Waals surface area contributed by atoms with E-state index in [9.17, 15) is 4.79 Å². The summed E-state index contributed by atoms with van der Waals surface area (Å²) < 4.78 is 6.42. The zero-order valence-electron chi connectivity index (χ0n) is 15.6. The maximum atomic E-state index is 12.5. The van der Waals surface area contributed by atoms with Crippen LogP contribution in [-0.2, 0) is 0 Å². The van der Waals surface area contributed by atoms with Gasteiger partial charge in [0.15, 0.2) is 10.3 Å². The fraction of sp³-hybridized carbons (Fsp3) is 0.150. The summed E-state index contributed by atoms with van der Waals surface area (Å²) in [5, 5.41) is 8.96. The lowest BCUT2D eigenvalue weighted by atomic mass is 10.2. The Bertz CT molecular complexity index is 1170. The average Bonchev–Trinajstić information content (AvgIpc) is 3.28. The van der Waals surface area contributed by atoms with E-state index in [2.05, 4.69) is 26.7 Å². The number of ether oxygens (including phenoxy) is 1. The minimum atomic E-state index is -0.281. The molecule has 0 spiro atoms. The fourth-order valence-corrected chi connectivity index (χ4v) is 4.38. The van der Waals surface area contributed by atoms with E-state index in [-0.39, 0.29) is 5.91 Å². The van der Waals surface area contributed by atoms with Gasteiger partial charge in [-0.2, -0.15) is 0 Å². The lowest BCUT2D eigenvalue weighted by Gasteiger charge is -2.09. The molecule has 4 rings (SSSR count). The predicted octanol–water partition coefficient (Wildman–Crippen LogP) is 5.37. The maximum Gasteiger partial charge on any atom is 0.276 e. The molecule has 2 aromatic heterocycles. The Labute approximate surface area is 170 Å². The van der Waals surface area contributed by atoms with Crippen LogP contribution in [0.1, 0.15) is 21.6 Å². The first kappa shape index (κ1) is 18.4. The van der Waals surface area contributed by atoms with Gasteiger partial charge in [0.2, 0.25) is 0 Å². The van der Waals surface area contributed by atoms with Crippen LogP contribution in [-0.4, -0.2) is 23.0 Å². The molecule has 2 heterocycles. The van der Waals surface area contributed by atoms with E-state index in [4.69, 9.17) is 4.74 Å². The highest BCUT2D eigenvalue weighted by atomic mass is 32.1. The molecule has 28 heavy (non-hydrogen) atoms. The summed E-state index contributed by atoms with van der Waals surface area (Å²) in [5.74, 6) is 0.438. The van der Waals surface area contributed by atoms with Crippen molar-refractivity contribution in [2.45, 2.75) is 13.8 Å². The molecule has 8 heteroatoms. The molecule has 2 N–H and O–H groups in total. The van der Waals surface area contributed by atoms with Gasteiger partial charge < -0.3 is 10.1 Å². The minimum absolute atomic E-state index is 0.281.